The molecule has 0 spiro atoms. The van der Waals surface area contributed by atoms with E-state index in [1.807, 2.05) is 19.1 Å². The summed E-state index contributed by atoms with van der Waals surface area (Å²) in [5.74, 6) is -1.25. The van der Waals surface area contributed by atoms with Crippen molar-refractivity contribution < 1.29 is 14.4 Å². The minimum absolute atomic E-state index is 0. The Balaban J connectivity index is 0.00000243. The number of nitrogens with one attached hydrogen (secondary N) is 1. The first-order valence-corrected chi connectivity index (χ1v) is 8.60. The van der Waals surface area contributed by atoms with Crippen molar-refractivity contribution in [1.29, 1.82) is 0 Å². The molecule has 9 heteroatoms. The van der Waals surface area contributed by atoms with Gasteiger partial charge in [0, 0.05) is 51.7 Å². The number of hydrogen-bond donors (Lipinski definition) is 1. The van der Waals surface area contributed by atoms with Crippen molar-refractivity contribution >= 4 is 30.1 Å². The number of pyridine rings is 1. The number of halogens is 1. The van der Waals surface area contributed by atoms with Gasteiger partial charge in [-0.3, -0.25) is 19.4 Å². The van der Waals surface area contributed by atoms with Gasteiger partial charge in [-0.1, -0.05) is 6.07 Å². The van der Waals surface area contributed by atoms with Gasteiger partial charge >= 0.3 is 11.8 Å². The second-order valence-corrected chi connectivity index (χ2v) is 6.20. The molecule has 2 aliphatic rings. The van der Waals surface area contributed by atoms with Crippen molar-refractivity contribution in [3.63, 3.8) is 0 Å². The van der Waals surface area contributed by atoms with Crippen molar-refractivity contribution in [1.82, 2.24) is 25.0 Å². The number of carbonyl (C=O) groups is 3. The molecular formula is C17H24ClN5O3. The first-order chi connectivity index (χ1) is 12.1. The molecule has 1 unspecified atom stereocenters. The Hall–Kier alpha value is -2.19. The summed E-state index contributed by atoms with van der Waals surface area (Å²) >= 11 is 0. The normalized spacial score (nSPS) is 20.8. The van der Waals surface area contributed by atoms with E-state index in [1.165, 1.54) is 9.80 Å². The van der Waals surface area contributed by atoms with Crippen LogP contribution in [0.1, 0.15) is 18.5 Å². The SMILES string of the molecule is CCN1CCN(CC(=O)N2CCNCC2c2cccnc2)C(=O)C1=O.Cl. The van der Waals surface area contributed by atoms with E-state index < -0.39 is 11.8 Å². The lowest BCUT2D eigenvalue weighted by Crippen LogP contribution is -2.58. The highest BCUT2D eigenvalue weighted by Gasteiger charge is 2.35. The number of carbonyl (C=O) groups excluding carboxylic acids is 3. The third-order valence-electron chi connectivity index (χ3n) is 4.74. The Morgan fingerprint density at radius 1 is 1.23 bits per heavy atom. The zero-order chi connectivity index (χ0) is 17.8. The van der Waals surface area contributed by atoms with Crippen LogP contribution in [0.5, 0.6) is 0 Å². The number of hydrogen-bond acceptors (Lipinski definition) is 5. The number of aromatic nitrogens is 1. The third kappa shape index (κ3) is 4.13. The third-order valence-corrected chi connectivity index (χ3v) is 4.74. The predicted octanol–water partition coefficient (Wildman–Crippen LogP) is -0.333. The van der Waals surface area contributed by atoms with Crippen molar-refractivity contribution in [2.75, 3.05) is 45.8 Å². The average Bonchev–Trinajstić information content (AvgIpc) is 2.66. The van der Waals surface area contributed by atoms with Crippen molar-refractivity contribution in [2.24, 2.45) is 0 Å². The van der Waals surface area contributed by atoms with Gasteiger partial charge in [0.25, 0.3) is 0 Å². The molecule has 3 heterocycles. The summed E-state index contributed by atoms with van der Waals surface area (Å²) in [5.41, 5.74) is 0.959. The average molecular weight is 382 g/mol. The largest absolute Gasteiger partial charge is 0.333 e. The van der Waals surface area contributed by atoms with Crippen molar-refractivity contribution in [3.05, 3.63) is 30.1 Å². The van der Waals surface area contributed by atoms with Crippen LogP contribution in [0.2, 0.25) is 0 Å². The van der Waals surface area contributed by atoms with E-state index in [-0.39, 0.29) is 30.9 Å². The Bertz CT molecular complexity index is 657. The summed E-state index contributed by atoms with van der Waals surface area (Å²) in [6.45, 7) is 5.08. The summed E-state index contributed by atoms with van der Waals surface area (Å²) in [6, 6.07) is 3.68. The molecule has 0 radical (unpaired) electrons. The molecule has 2 saturated heterocycles. The second kappa shape index (κ2) is 8.95. The van der Waals surface area contributed by atoms with Gasteiger partial charge in [0.2, 0.25) is 5.91 Å². The lowest BCUT2D eigenvalue weighted by molar-refractivity contribution is -0.158. The summed E-state index contributed by atoms with van der Waals surface area (Å²) in [5, 5.41) is 3.29. The second-order valence-electron chi connectivity index (χ2n) is 6.20. The summed E-state index contributed by atoms with van der Waals surface area (Å²) in [7, 11) is 0. The van der Waals surface area contributed by atoms with Crippen LogP contribution in [-0.4, -0.2) is 83.2 Å². The maximum absolute atomic E-state index is 12.8. The molecule has 3 rings (SSSR count). The first-order valence-electron chi connectivity index (χ1n) is 8.60. The van der Waals surface area contributed by atoms with Gasteiger partial charge in [-0.25, -0.2) is 0 Å². The predicted molar refractivity (Wildman–Crippen MR) is 97.6 cm³/mol. The first kappa shape index (κ1) is 20.1. The molecule has 0 aliphatic carbocycles. The summed E-state index contributed by atoms with van der Waals surface area (Å²) in [6.07, 6.45) is 3.45. The van der Waals surface area contributed by atoms with Crippen LogP contribution >= 0.6 is 12.4 Å². The summed E-state index contributed by atoms with van der Waals surface area (Å²) in [4.78, 5) is 45.8. The molecule has 1 N–H and O–H groups in total. The highest BCUT2D eigenvalue weighted by molar-refractivity contribution is 6.35. The summed E-state index contributed by atoms with van der Waals surface area (Å²) < 4.78 is 0. The van der Waals surface area contributed by atoms with Crippen LogP contribution in [0, 0.1) is 0 Å². The monoisotopic (exact) mass is 381 g/mol. The Labute approximate surface area is 158 Å². The molecule has 0 saturated carbocycles. The standard InChI is InChI=1S/C17H23N5O3.ClH/c1-2-20-8-9-21(17(25)16(20)24)12-15(23)22-7-6-19-11-14(22)13-4-3-5-18-10-13;/h3-5,10,14,19H,2,6-9,11-12H2,1H3;1H. The van der Waals surface area contributed by atoms with E-state index in [4.69, 9.17) is 0 Å². The Kier molecular flexibility index (Phi) is 6.93. The maximum atomic E-state index is 12.8. The molecule has 26 heavy (non-hydrogen) atoms. The van der Waals surface area contributed by atoms with Crippen LogP contribution in [0.4, 0.5) is 0 Å². The van der Waals surface area contributed by atoms with E-state index in [0.717, 1.165) is 5.56 Å². The number of likely N-dealkylation sites (N-methyl/N-ethyl adjacent to an activating group) is 1. The van der Waals surface area contributed by atoms with Crippen LogP contribution in [0.15, 0.2) is 24.5 Å². The quantitative estimate of drug-likeness (QED) is 0.722. The highest BCUT2D eigenvalue weighted by Crippen LogP contribution is 2.22. The molecule has 2 aliphatic heterocycles. The molecule has 2 fully saturated rings. The lowest BCUT2D eigenvalue weighted by Gasteiger charge is -2.39. The molecule has 1 atom stereocenters. The fourth-order valence-electron chi connectivity index (χ4n) is 3.30. The van der Waals surface area contributed by atoms with Crippen molar-refractivity contribution in [2.45, 2.75) is 13.0 Å². The number of nitrogens with zero attached hydrogens (tertiary/aromatic N) is 4. The Morgan fingerprint density at radius 3 is 2.65 bits per heavy atom. The zero-order valence-corrected chi connectivity index (χ0v) is 15.6. The zero-order valence-electron chi connectivity index (χ0n) is 14.8. The molecule has 1 aromatic rings. The van der Waals surface area contributed by atoms with Gasteiger partial charge < -0.3 is 20.0 Å². The van der Waals surface area contributed by atoms with Gasteiger partial charge in [-0.05, 0) is 18.6 Å². The smallest absolute Gasteiger partial charge is 0.312 e. The highest BCUT2D eigenvalue weighted by atomic mass is 35.5. The number of rotatable bonds is 4. The fraction of sp³-hybridized carbons (Fsp3) is 0.529. The minimum Gasteiger partial charge on any atom is -0.333 e. The lowest BCUT2D eigenvalue weighted by atomic mass is 10.1. The number of piperazine rings is 2. The minimum atomic E-state index is -0.588. The number of amides is 3. The van der Waals surface area contributed by atoms with Crippen LogP contribution in [0.25, 0.3) is 0 Å². The van der Waals surface area contributed by atoms with Crippen LogP contribution in [-0.2, 0) is 14.4 Å². The topological polar surface area (TPSA) is 85.8 Å². The van der Waals surface area contributed by atoms with E-state index in [2.05, 4.69) is 10.3 Å². The van der Waals surface area contributed by atoms with Crippen LogP contribution in [0.3, 0.4) is 0 Å². The Morgan fingerprint density at radius 2 is 1.96 bits per heavy atom. The van der Waals surface area contributed by atoms with E-state index in [1.54, 1.807) is 17.3 Å². The van der Waals surface area contributed by atoms with Gasteiger partial charge in [-0.15, -0.1) is 12.4 Å². The maximum Gasteiger partial charge on any atom is 0.312 e. The fourth-order valence-corrected chi connectivity index (χ4v) is 3.30. The molecule has 0 aromatic carbocycles. The molecule has 142 valence electrons. The van der Waals surface area contributed by atoms with Crippen molar-refractivity contribution in [3.8, 4) is 0 Å². The van der Waals surface area contributed by atoms with Crippen LogP contribution < -0.4 is 5.32 Å². The molecule has 8 nitrogen and oxygen atoms in total. The van der Waals surface area contributed by atoms with E-state index in [0.29, 0.717) is 39.3 Å². The van der Waals surface area contributed by atoms with E-state index in [9.17, 15) is 14.4 Å². The molecular weight excluding hydrogens is 358 g/mol. The molecule has 3 amide bonds. The molecule has 0 bridgehead atoms. The van der Waals surface area contributed by atoms with Gasteiger partial charge in [-0.2, -0.15) is 0 Å². The van der Waals surface area contributed by atoms with Gasteiger partial charge in [0.1, 0.15) is 6.54 Å². The van der Waals surface area contributed by atoms with Gasteiger partial charge in [0.05, 0.1) is 6.04 Å². The van der Waals surface area contributed by atoms with Gasteiger partial charge in [0.15, 0.2) is 0 Å². The molecule has 1 aromatic heterocycles. The van der Waals surface area contributed by atoms with E-state index >= 15 is 0 Å².